The smallest absolute Gasteiger partial charge is 0.255 e. The van der Waals surface area contributed by atoms with E-state index in [1.807, 2.05) is 19.1 Å². The number of nitrogens with one attached hydrogen (secondary N) is 1. The molecule has 1 saturated heterocycles. The van der Waals surface area contributed by atoms with Crippen molar-refractivity contribution in [3.05, 3.63) is 71.0 Å². The molecule has 154 valence electrons. The Hall–Kier alpha value is -2.34. The van der Waals surface area contributed by atoms with Gasteiger partial charge in [-0.3, -0.25) is 9.59 Å². The van der Waals surface area contributed by atoms with Crippen molar-refractivity contribution in [2.75, 3.05) is 12.3 Å². The van der Waals surface area contributed by atoms with Gasteiger partial charge in [-0.1, -0.05) is 43.7 Å². The Balaban J connectivity index is 1.87. The number of halogens is 1. The van der Waals surface area contributed by atoms with Gasteiger partial charge in [0.05, 0.1) is 0 Å². The first-order valence-electron chi connectivity index (χ1n) is 9.91. The van der Waals surface area contributed by atoms with Gasteiger partial charge in [0, 0.05) is 17.9 Å². The molecule has 1 N–H and O–H groups in total. The van der Waals surface area contributed by atoms with E-state index < -0.39 is 6.04 Å². The van der Waals surface area contributed by atoms with E-state index in [1.54, 1.807) is 29.2 Å². The second-order valence-corrected chi connectivity index (χ2v) is 8.92. The lowest BCUT2D eigenvalue weighted by atomic mass is 10.1. The van der Waals surface area contributed by atoms with Gasteiger partial charge in [-0.2, -0.15) is 0 Å². The molecule has 0 spiro atoms. The Morgan fingerprint density at radius 3 is 2.41 bits per heavy atom. The largest absolute Gasteiger partial charge is 0.354 e. The summed E-state index contributed by atoms with van der Waals surface area (Å²) in [6, 6.07) is 12.9. The number of benzene rings is 2. The minimum atomic E-state index is -0.559. The summed E-state index contributed by atoms with van der Waals surface area (Å²) < 4.78 is 13.4. The van der Waals surface area contributed by atoms with Crippen LogP contribution in [0, 0.1) is 18.7 Å². The molecule has 1 aliphatic rings. The lowest BCUT2D eigenvalue weighted by Gasteiger charge is -2.29. The molecule has 0 aromatic heterocycles. The van der Waals surface area contributed by atoms with Crippen molar-refractivity contribution < 1.29 is 14.0 Å². The van der Waals surface area contributed by atoms with Gasteiger partial charge >= 0.3 is 0 Å². The topological polar surface area (TPSA) is 49.4 Å². The van der Waals surface area contributed by atoms with Gasteiger partial charge in [-0.25, -0.2) is 4.39 Å². The first-order valence-corrected chi connectivity index (χ1v) is 11.0. The molecule has 6 heteroatoms. The fourth-order valence-corrected chi connectivity index (χ4v) is 4.72. The minimum absolute atomic E-state index is 0.136. The van der Waals surface area contributed by atoms with E-state index in [0.29, 0.717) is 23.8 Å². The van der Waals surface area contributed by atoms with E-state index >= 15 is 0 Å². The third-order valence-corrected chi connectivity index (χ3v) is 6.34. The van der Waals surface area contributed by atoms with Crippen LogP contribution in [-0.4, -0.2) is 35.1 Å². The summed E-state index contributed by atoms with van der Waals surface area (Å²) in [6.45, 7) is 6.77. The molecule has 1 aliphatic heterocycles. The maximum atomic E-state index is 13.4. The van der Waals surface area contributed by atoms with Gasteiger partial charge in [0.25, 0.3) is 5.91 Å². The first kappa shape index (κ1) is 21.4. The van der Waals surface area contributed by atoms with Crippen molar-refractivity contribution in [3.63, 3.8) is 0 Å². The van der Waals surface area contributed by atoms with Crippen LogP contribution in [-0.2, 0) is 4.79 Å². The van der Waals surface area contributed by atoms with Crippen molar-refractivity contribution in [1.82, 2.24) is 10.2 Å². The monoisotopic (exact) mass is 414 g/mol. The number of carbonyl (C=O) groups excluding carboxylic acids is 2. The standard InChI is InChI=1S/C23H27FN2O2S/c1-15(2)12-13-25-21(27)20-14-29-23(18-8-10-19(24)11-9-18)26(20)22(28)17-6-4-16(3)5-7-17/h4-11,15,20,23H,12-14H2,1-3H3,(H,25,27)/t20-,23-/m0/s1. The van der Waals surface area contributed by atoms with Crippen molar-refractivity contribution >= 4 is 23.6 Å². The van der Waals surface area contributed by atoms with Crippen LogP contribution in [0.25, 0.3) is 0 Å². The van der Waals surface area contributed by atoms with Crippen LogP contribution >= 0.6 is 11.8 Å². The van der Waals surface area contributed by atoms with Crippen LogP contribution in [0.15, 0.2) is 48.5 Å². The second kappa shape index (κ2) is 9.44. The molecule has 0 aliphatic carbocycles. The van der Waals surface area contributed by atoms with E-state index in [-0.39, 0.29) is 23.0 Å². The maximum absolute atomic E-state index is 13.4. The first-order chi connectivity index (χ1) is 13.9. The number of aryl methyl sites for hydroxylation is 1. The molecule has 1 heterocycles. The zero-order valence-corrected chi connectivity index (χ0v) is 17.8. The van der Waals surface area contributed by atoms with Gasteiger partial charge in [-0.15, -0.1) is 11.8 Å². The van der Waals surface area contributed by atoms with E-state index in [9.17, 15) is 14.0 Å². The Morgan fingerprint density at radius 2 is 1.79 bits per heavy atom. The number of nitrogens with zero attached hydrogens (tertiary/aromatic N) is 1. The number of hydrogen-bond donors (Lipinski definition) is 1. The van der Waals surface area contributed by atoms with E-state index in [2.05, 4.69) is 19.2 Å². The quantitative estimate of drug-likeness (QED) is 0.754. The second-order valence-electron chi connectivity index (χ2n) is 7.81. The number of amides is 2. The number of thioether (sulfide) groups is 1. The van der Waals surface area contributed by atoms with Gasteiger partial charge in [0.2, 0.25) is 5.91 Å². The van der Waals surface area contributed by atoms with Crippen LogP contribution in [0.4, 0.5) is 4.39 Å². The van der Waals surface area contributed by atoms with Crippen molar-refractivity contribution in [1.29, 1.82) is 0 Å². The van der Waals surface area contributed by atoms with Gasteiger partial charge < -0.3 is 10.2 Å². The van der Waals surface area contributed by atoms with Crippen LogP contribution in [0.3, 0.4) is 0 Å². The highest BCUT2D eigenvalue weighted by Crippen LogP contribution is 2.42. The zero-order valence-electron chi connectivity index (χ0n) is 17.0. The number of rotatable bonds is 6. The van der Waals surface area contributed by atoms with Crippen LogP contribution in [0.1, 0.15) is 47.1 Å². The highest BCUT2D eigenvalue weighted by atomic mass is 32.2. The summed E-state index contributed by atoms with van der Waals surface area (Å²) in [5.41, 5.74) is 2.43. The third-order valence-electron chi connectivity index (χ3n) is 5.01. The zero-order chi connectivity index (χ0) is 21.0. The molecule has 1 fully saturated rings. The fourth-order valence-electron chi connectivity index (χ4n) is 3.29. The minimum Gasteiger partial charge on any atom is -0.354 e. The summed E-state index contributed by atoms with van der Waals surface area (Å²) >= 11 is 1.53. The number of hydrogen-bond acceptors (Lipinski definition) is 3. The Morgan fingerprint density at radius 1 is 1.14 bits per heavy atom. The Labute approximate surface area is 175 Å². The maximum Gasteiger partial charge on any atom is 0.255 e. The van der Waals surface area contributed by atoms with Gasteiger partial charge in [0.15, 0.2) is 0 Å². The van der Waals surface area contributed by atoms with E-state index in [0.717, 1.165) is 17.5 Å². The normalized spacial score (nSPS) is 18.9. The SMILES string of the molecule is Cc1ccc(C(=O)N2[C@H](C(=O)NCCC(C)C)CS[C@H]2c2ccc(F)cc2)cc1. The third kappa shape index (κ3) is 5.18. The van der Waals surface area contributed by atoms with Gasteiger partial charge in [-0.05, 0) is 49.1 Å². The van der Waals surface area contributed by atoms with E-state index in [4.69, 9.17) is 0 Å². The summed E-state index contributed by atoms with van der Waals surface area (Å²) in [5, 5.41) is 2.65. The fraction of sp³-hybridized carbons (Fsp3) is 0.391. The van der Waals surface area contributed by atoms with Crippen LogP contribution in [0.5, 0.6) is 0 Å². The molecule has 0 saturated carbocycles. The molecule has 0 radical (unpaired) electrons. The van der Waals surface area contributed by atoms with Gasteiger partial charge in [0.1, 0.15) is 17.2 Å². The van der Waals surface area contributed by atoms with Crippen LogP contribution in [0.2, 0.25) is 0 Å². The predicted octanol–water partition coefficient (Wildman–Crippen LogP) is 4.55. The van der Waals surface area contributed by atoms with Crippen LogP contribution < -0.4 is 5.32 Å². The molecule has 2 aromatic rings. The lowest BCUT2D eigenvalue weighted by molar-refractivity contribution is -0.124. The molecule has 2 amide bonds. The molecule has 2 aromatic carbocycles. The molecule has 2 atom stereocenters. The molecule has 3 rings (SSSR count). The Bertz CT molecular complexity index is 852. The molecule has 0 bridgehead atoms. The average molecular weight is 415 g/mol. The molecule has 4 nitrogen and oxygen atoms in total. The highest BCUT2D eigenvalue weighted by molar-refractivity contribution is 7.99. The van der Waals surface area contributed by atoms with Crippen molar-refractivity contribution in [2.24, 2.45) is 5.92 Å². The number of carbonyl (C=O) groups is 2. The highest BCUT2D eigenvalue weighted by Gasteiger charge is 2.42. The summed E-state index contributed by atoms with van der Waals surface area (Å²) in [6.07, 6.45) is 0.888. The summed E-state index contributed by atoms with van der Waals surface area (Å²) in [4.78, 5) is 27.9. The average Bonchev–Trinajstić information content (AvgIpc) is 3.13. The molecule has 0 unspecified atom stereocenters. The predicted molar refractivity (Wildman–Crippen MR) is 115 cm³/mol. The van der Waals surface area contributed by atoms with E-state index in [1.165, 1.54) is 23.9 Å². The molecular formula is C23H27FN2O2S. The molecular weight excluding hydrogens is 387 g/mol. The summed E-state index contributed by atoms with van der Waals surface area (Å²) in [5.74, 6) is 0.353. The van der Waals surface area contributed by atoms with Crippen molar-refractivity contribution in [3.8, 4) is 0 Å². The molecule has 29 heavy (non-hydrogen) atoms. The Kier molecular flexibility index (Phi) is 6.96. The summed E-state index contributed by atoms with van der Waals surface area (Å²) in [7, 11) is 0. The van der Waals surface area contributed by atoms with Crippen molar-refractivity contribution in [2.45, 2.75) is 38.6 Å². The lowest BCUT2D eigenvalue weighted by Crippen LogP contribution is -2.48.